The number of benzene rings is 3. The molecular formula is C24H24N2O5S. The van der Waals surface area contributed by atoms with Gasteiger partial charge in [-0.3, -0.25) is 9.10 Å². The molecule has 0 aromatic heterocycles. The average molecular weight is 453 g/mol. The summed E-state index contributed by atoms with van der Waals surface area (Å²) in [5.74, 6) is -1.01. The lowest BCUT2D eigenvalue weighted by Gasteiger charge is -2.25. The standard InChI is InChI=1S/C24H24N2O5S/c1-17-8-14-21(15-9-17)32(29,30)26(22-7-5-4-6-18(22)2)16-23(27)25-20-12-10-19(11-13-20)24(28)31-3/h4-15H,16H2,1-3H3,(H,25,27). The van der Waals surface area contributed by atoms with E-state index in [1.807, 2.05) is 6.92 Å². The second kappa shape index (κ2) is 9.65. The highest BCUT2D eigenvalue weighted by molar-refractivity contribution is 7.92. The number of methoxy groups -OCH3 is 1. The summed E-state index contributed by atoms with van der Waals surface area (Å²) in [6, 6.07) is 19.6. The van der Waals surface area contributed by atoms with Gasteiger partial charge in [-0.15, -0.1) is 0 Å². The maximum atomic E-state index is 13.4. The number of carbonyl (C=O) groups is 2. The Bertz CT molecular complexity index is 1220. The molecule has 8 heteroatoms. The maximum Gasteiger partial charge on any atom is 0.337 e. The van der Waals surface area contributed by atoms with Crippen LogP contribution in [0.15, 0.2) is 77.7 Å². The fourth-order valence-corrected chi connectivity index (χ4v) is 4.60. The fourth-order valence-electron chi connectivity index (χ4n) is 3.12. The van der Waals surface area contributed by atoms with E-state index in [-0.39, 0.29) is 4.90 Å². The van der Waals surface area contributed by atoms with Crippen molar-refractivity contribution in [1.29, 1.82) is 0 Å². The minimum atomic E-state index is -3.99. The van der Waals surface area contributed by atoms with Crippen molar-refractivity contribution in [2.45, 2.75) is 18.7 Å². The number of hydrogen-bond donors (Lipinski definition) is 1. The Labute approximate surface area is 187 Å². The van der Waals surface area contributed by atoms with E-state index in [9.17, 15) is 18.0 Å². The van der Waals surface area contributed by atoms with Crippen LogP contribution in [0.3, 0.4) is 0 Å². The van der Waals surface area contributed by atoms with Crippen molar-refractivity contribution >= 4 is 33.3 Å². The highest BCUT2D eigenvalue weighted by atomic mass is 32.2. The number of esters is 1. The Morgan fingerprint density at radius 2 is 1.53 bits per heavy atom. The van der Waals surface area contributed by atoms with Crippen LogP contribution in [0.2, 0.25) is 0 Å². The van der Waals surface area contributed by atoms with Gasteiger partial charge in [0.05, 0.1) is 23.3 Å². The Balaban J connectivity index is 1.89. The van der Waals surface area contributed by atoms with Crippen molar-refractivity contribution in [3.8, 4) is 0 Å². The van der Waals surface area contributed by atoms with Gasteiger partial charge < -0.3 is 10.1 Å². The molecule has 3 rings (SSSR count). The molecule has 0 radical (unpaired) electrons. The van der Waals surface area contributed by atoms with Crippen LogP contribution in [-0.2, 0) is 19.6 Å². The summed E-state index contributed by atoms with van der Waals surface area (Å²) >= 11 is 0. The summed E-state index contributed by atoms with van der Waals surface area (Å²) in [5.41, 5.74) is 2.84. The minimum absolute atomic E-state index is 0.0987. The highest BCUT2D eigenvalue weighted by Crippen LogP contribution is 2.27. The fraction of sp³-hybridized carbons (Fsp3) is 0.167. The van der Waals surface area contributed by atoms with Crippen LogP contribution in [0.4, 0.5) is 11.4 Å². The minimum Gasteiger partial charge on any atom is -0.465 e. The topological polar surface area (TPSA) is 92.8 Å². The smallest absolute Gasteiger partial charge is 0.337 e. The molecule has 0 aliphatic rings. The second-order valence-electron chi connectivity index (χ2n) is 7.23. The molecule has 0 unspecified atom stereocenters. The van der Waals surface area contributed by atoms with Crippen LogP contribution in [0, 0.1) is 13.8 Å². The van der Waals surface area contributed by atoms with Crippen molar-refractivity contribution in [3.63, 3.8) is 0 Å². The first-order valence-corrected chi connectivity index (χ1v) is 11.3. The first kappa shape index (κ1) is 23.0. The predicted molar refractivity (Wildman–Crippen MR) is 123 cm³/mol. The predicted octanol–water partition coefficient (Wildman–Crippen LogP) is 3.92. The summed E-state index contributed by atoms with van der Waals surface area (Å²) in [6.07, 6.45) is 0. The molecule has 0 atom stereocenters. The summed E-state index contributed by atoms with van der Waals surface area (Å²) in [7, 11) is -2.71. The van der Waals surface area contributed by atoms with E-state index in [2.05, 4.69) is 10.1 Å². The van der Waals surface area contributed by atoms with E-state index >= 15 is 0 Å². The summed E-state index contributed by atoms with van der Waals surface area (Å²) in [6.45, 7) is 3.24. The molecule has 0 aliphatic heterocycles. The Morgan fingerprint density at radius 3 is 2.12 bits per heavy atom. The van der Waals surface area contributed by atoms with Crippen molar-refractivity contribution in [1.82, 2.24) is 0 Å². The van der Waals surface area contributed by atoms with Crippen LogP contribution < -0.4 is 9.62 Å². The third-order valence-corrected chi connectivity index (χ3v) is 6.64. The van der Waals surface area contributed by atoms with E-state index in [0.717, 1.165) is 15.4 Å². The molecule has 1 N–H and O–H groups in total. The molecule has 0 saturated heterocycles. The molecular weight excluding hydrogens is 428 g/mol. The largest absolute Gasteiger partial charge is 0.465 e. The number of ether oxygens (including phenoxy) is 1. The number of aryl methyl sites for hydroxylation is 2. The zero-order valence-corrected chi connectivity index (χ0v) is 18.8. The Kier molecular flexibility index (Phi) is 6.95. The zero-order chi connectivity index (χ0) is 23.3. The SMILES string of the molecule is COC(=O)c1ccc(NC(=O)CN(c2ccccc2C)S(=O)(=O)c2ccc(C)cc2)cc1. The number of para-hydroxylation sites is 1. The molecule has 0 aliphatic carbocycles. The molecule has 0 saturated carbocycles. The third kappa shape index (κ3) is 5.15. The molecule has 0 spiro atoms. The van der Waals surface area contributed by atoms with Gasteiger partial charge in [-0.05, 0) is 61.9 Å². The molecule has 166 valence electrons. The number of rotatable bonds is 7. The molecule has 7 nitrogen and oxygen atoms in total. The first-order chi connectivity index (χ1) is 15.2. The number of anilines is 2. The number of hydrogen-bond acceptors (Lipinski definition) is 5. The summed E-state index contributed by atoms with van der Waals surface area (Å²) in [5, 5.41) is 2.68. The van der Waals surface area contributed by atoms with Gasteiger partial charge in [-0.2, -0.15) is 0 Å². The van der Waals surface area contributed by atoms with Crippen LogP contribution in [0.25, 0.3) is 0 Å². The van der Waals surface area contributed by atoms with Crippen molar-refractivity contribution < 1.29 is 22.7 Å². The molecule has 32 heavy (non-hydrogen) atoms. The zero-order valence-electron chi connectivity index (χ0n) is 18.0. The monoisotopic (exact) mass is 452 g/mol. The molecule has 1 amide bonds. The van der Waals surface area contributed by atoms with E-state index in [0.29, 0.717) is 16.9 Å². The lowest BCUT2D eigenvalue weighted by atomic mass is 10.2. The third-order valence-electron chi connectivity index (χ3n) is 4.87. The van der Waals surface area contributed by atoms with Crippen LogP contribution in [0.5, 0.6) is 0 Å². The van der Waals surface area contributed by atoms with E-state index < -0.39 is 28.4 Å². The number of amides is 1. The van der Waals surface area contributed by atoms with Crippen LogP contribution in [0.1, 0.15) is 21.5 Å². The summed E-state index contributed by atoms with van der Waals surface area (Å²) < 4.78 is 32.6. The number of carbonyl (C=O) groups excluding carboxylic acids is 2. The van der Waals surface area contributed by atoms with Gasteiger partial charge in [0.1, 0.15) is 6.54 Å². The first-order valence-electron chi connectivity index (χ1n) is 9.85. The summed E-state index contributed by atoms with van der Waals surface area (Å²) in [4.78, 5) is 24.5. The van der Waals surface area contributed by atoms with E-state index in [1.165, 1.54) is 31.4 Å². The quantitative estimate of drug-likeness (QED) is 0.549. The van der Waals surface area contributed by atoms with Gasteiger partial charge in [-0.1, -0.05) is 35.9 Å². The molecule has 0 heterocycles. The van der Waals surface area contributed by atoms with Gasteiger partial charge in [0.2, 0.25) is 5.91 Å². The Morgan fingerprint density at radius 1 is 0.906 bits per heavy atom. The lowest BCUT2D eigenvalue weighted by molar-refractivity contribution is -0.114. The van der Waals surface area contributed by atoms with Crippen molar-refractivity contribution in [3.05, 3.63) is 89.5 Å². The average Bonchev–Trinajstić information content (AvgIpc) is 2.78. The number of nitrogens with one attached hydrogen (secondary N) is 1. The van der Waals surface area contributed by atoms with Crippen LogP contribution in [-0.4, -0.2) is 33.9 Å². The number of sulfonamides is 1. The van der Waals surface area contributed by atoms with Gasteiger partial charge in [0.15, 0.2) is 0 Å². The second-order valence-corrected chi connectivity index (χ2v) is 9.09. The van der Waals surface area contributed by atoms with Crippen molar-refractivity contribution in [2.75, 3.05) is 23.3 Å². The van der Waals surface area contributed by atoms with Crippen molar-refractivity contribution in [2.24, 2.45) is 0 Å². The van der Waals surface area contributed by atoms with E-state index in [1.54, 1.807) is 55.5 Å². The maximum absolute atomic E-state index is 13.4. The van der Waals surface area contributed by atoms with Gasteiger partial charge in [-0.25, -0.2) is 13.2 Å². The lowest BCUT2D eigenvalue weighted by Crippen LogP contribution is -2.38. The number of nitrogens with zero attached hydrogens (tertiary/aromatic N) is 1. The Hall–Kier alpha value is -3.65. The van der Waals surface area contributed by atoms with Gasteiger partial charge >= 0.3 is 5.97 Å². The van der Waals surface area contributed by atoms with Gasteiger partial charge in [0, 0.05) is 5.69 Å². The van der Waals surface area contributed by atoms with E-state index in [4.69, 9.17) is 0 Å². The normalized spacial score (nSPS) is 11.0. The molecule has 0 fully saturated rings. The molecule has 0 bridgehead atoms. The highest BCUT2D eigenvalue weighted by Gasteiger charge is 2.28. The van der Waals surface area contributed by atoms with Gasteiger partial charge in [0.25, 0.3) is 10.0 Å². The molecule has 3 aromatic carbocycles. The van der Waals surface area contributed by atoms with Crippen LogP contribution >= 0.6 is 0 Å². The molecule has 3 aromatic rings.